The van der Waals surface area contributed by atoms with E-state index in [1.807, 2.05) is 20.8 Å². The smallest absolute Gasteiger partial charge is 0.240 e. The molecule has 0 amide bonds. The second-order valence-electron chi connectivity index (χ2n) is 7.87. The summed E-state index contributed by atoms with van der Waals surface area (Å²) in [5, 5.41) is 11.0. The summed E-state index contributed by atoms with van der Waals surface area (Å²) < 4.78 is 41.7. The molecule has 6 heteroatoms. The largest absolute Gasteiger partial charge is 0.390 e. The molecule has 0 aliphatic carbocycles. The minimum absolute atomic E-state index is 0.177. The molecule has 0 aliphatic rings. The first kappa shape index (κ1) is 23.1. The van der Waals surface area contributed by atoms with Gasteiger partial charge in [-0.3, -0.25) is 0 Å². The maximum atomic E-state index is 13.5. The Morgan fingerprint density at radius 2 is 1.73 bits per heavy atom. The number of hydrogen-bond acceptors (Lipinski definition) is 3. The number of hydrogen-bond donors (Lipinski definition) is 2. The third-order valence-corrected chi connectivity index (χ3v) is 6.29. The van der Waals surface area contributed by atoms with Gasteiger partial charge < -0.3 is 5.11 Å². The Hall–Kier alpha value is -0.980. The third kappa shape index (κ3) is 6.97. The van der Waals surface area contributed by atoms with E-state index in [1.165, 1.54) is 19.1 Å². The average Bonchev–Trinajstić information content (AvgIpc) is 2.52. The summed E-state index contributed by atoms with van der Waals surface area (Å²) in [6.07, 6.45) is 0.723. The number of nitrogens with one attached hydrogen (secondary N) is 1. The minimum Gasteiger partial charge on any atom is -0.390 e. The number of alkyl halides is 1. The van der Waals surface area contributed by atoms with Crippen LogP contribution in [0.5, 0.6) is 0 Å². The molecule has 0 saturated heterocycles. The highest BCUT2D eigenvalue weighted by atomic mass is 32.2. The second kappa shape index (κ2) is 9.81. The van der Waals surface area contributed by atoms with E-state index in [1.54, 1.807) is 25.1 Å². The first-order chi connectivity index (χ1) is 12.0. The number of sulfonamides is 1. The molecule has 2 unspecified atom stereocenters. The molecule has 4 atom stereocenters. The van der Waals surface area contributed by atoms with Crippen molar-refractivity contribution < 1.29 is 17.9 Å². The molecule has 2 N–H and O–H groups in total. The predicted octanol–water partition coefficient (Wildman–Crippen LogP) is 4.30. The lowest BCUT2D eigenvalue weighted by Crippen LogP contribution is -2.50. The SMILES string of the molecule is CC[C@@H](C(CCC(C)F)NS(=O)(=O)c1ccccc1)[C@@](C)(O)CC(C)C. The van der Waals surface area contributed by atoms with Crippen molar-refractivity contribution in [2.24, 2.45) is 11.8 Å². The minimum atomic E-state index is -3.73. The summed E-state index contributed by atoms with van der Waals surface area (Å²) in [5.41, 5.74) is -1.04. The van der Waals surface area contributed by atoms with Gasteiger partial charge in [-0.1, -0.05) is 39.0 Å². The van der Waals surface area contributed by atoms with Crippen LogP contribution in [0.4, 0.5) is 4.39 Å². The van der Waals surface area contributed by atoms with Crippen LogP contribution in [0.2, 0.25) is 0 Å². The van der Waals surface area contributed by atoms with Gasteiger partial charge in [0.05, 0.1) is 16.7 Å². The van der Waals surface area contributed by atoms with Crippen LogP contribution in [0.15, 0.2) is 35.2 Å². The van der Waals surface area contributed by atoms with Crippen molar-refractivity contribution in [3.8, 4) is 0 Å². The highest BCUT2D eigenvalue weighted by Crippen LogP contribution is 2.33. The van der Waals surface area contributed by atoms with Crippen LogP contribution in [0.1, 0.15) is 60.3 Å². The molecule has 1 aromatic carbocycles. The number of aliphatic hydroxyl groups is 1. The number of halogens is 1. The first-order valence-corrected chi connectivity index (χ1v) is 10.9. The predicted molar refractivity (Wildman–Crippen MR) is 104 cm³/mol. The van der Waals surface area contributed by atoms with Gasteiger partial charge in [-0.05, 0) is 57.6 Å². The second-order valence-corrected chi connectivity index (χ2v) is 9.58. The van der Waals surface area contributed by atoms with Crippen molar-refractivity contribution >= 4 is 10.0 Å². The Labute approximate surface area is 158 Å². The molecule has 1 rings (SSSR count). The Morgan fingerprint density at radius 1 is 1.15 bits per heavy atom. The maximum Gasteiger partial charge on any atom is 0.240 e. The van der Waals surface area contributed by atoms with Crippen molar-refractivity contribution in [2.75, 3.05) is 0 Å². The van der Waals surface area contributed by atoms with Crippen LogP contribution < -0.4 is 4.72 Å². The maximum absolute atomic E-state index is 13.5. The molecule has 26 heavy (non-hydrogen) atoms. The highest BCUT2D eigenvalue weighted by Gasteiger charge is 2.38. The summed E-state index contributed by atoms with van der Waals surface area (Å²) in [6, 6.07) is 7.62. The van der Waals surface area contributed by atoms with Crippen LogP contribution in [0, 0.1) is 11.8 Å². The summed E-state index contributed by atoms with van der Waals surface area (Å²) in [5.74, 6) is -0.0346. The van der Waals surface area contributed by atoms with Crippen molar-refractivity contribution in [1.82, 2.24) is 4.72 Å². The number of rotatable bonds is 11. The molecule has 0 fully saturated rings. The van der Waals surface area contributed by atoms with E-state index >= 15 is 0 Å². The van der Waals surface area contributed by atoms with Crippen LogP contribution in [0.3, 0.4) is 0 Å². The zero-order chi connectivity index (χ0) is 20.0. The van der Waals surface area contributed by atoms with Gasteiger partial charge in [0.15, 0.2) is 0 Å². The quantitative estimate of drug-likeness (QED) is 0.595. The van der Waals surface area contributed by atoms with Crippen molar-refractivity contribution in [3.05, 3.63) is 30.3 Å². The van der Waals surface area contributed by atoms with Gasteiger partial charge in [0.2, 0.25) is 10.0 Å². The van der Waals surface area contributed by atoms with Gasteiger partial charge in [-0.2, -0.15) is 0 Å². The lowest BCUT2D eigenvalue weighted by Gasteiger charge is -2.39. The summed E-state index contributed by atoms with van der Waals surface area (Å²) in [4.78, 5) is 0.177. The normalized spacial score (nSPS) is 18.3. The molecule has 0 saturated carbocycles. The standard InChI is InChI=1S/C20H34FNO3S/c1-6-18(20(5,23)14-15(2)3)19(13-12-16(4)21)22-26(24,25)17-10-8-7-9-11-17/h7-11,15-16,18-19,22-23H,6,12-14H2,1-5H3/t16?,18-,19?,20-/m0/s1. The Balaban J connectivity index is 3.13. The van der Waals surface area contributed by atoms with E-state index in [9.17, 15) is 17.9 Å². The monoisotopic (exact) mass is 387 g/mol. The van der Waals surface area contributed by atoms with E-state index in [0.29, 0.717) is 19.3 Å². The first-order valence-electron chi connectivity index (χ1n) is 9.43. The van der Waals surface area contributed by atoms with Gasteiger partial charge in [0.25, 0.3) is 0 Å². The fraction of sp³-hybridized carbons (Fsp3) is 0.700. The molecule has 0 spiro atoms. The molecule has 1 aromatic rings. The van der Waals surface area contributed by atoms with E-state index in [2.05, 4.69) is 4.72 Å². The van der Waals surface area contributed by atoms with E-state index in [4.69, 9.17) is 0 Å². The Bertz CT molecular complexity index is 630. The van der Waals surface area contributed by atoms with Crippen molar-refractivity contribution in [3.63, 3.8) is 0 Å². The zero-order valence-corrected chi connectivity index (χ0v) is 17.4. The number of benzene rings is 1. The van der Waals surface area contributed by atoms with Gasteiger partial charge in [0, 0.05) is 12.0 Å². The Kier molecular flexibility index (Phi) is 8.70. The average molecular weight is 388 g/mol. The van der Waals surface area contributed by atoms with Crippen LogP contribution in [0.25, 0.3) is 0 Å². The van der Waals surface area contributed by atoms with Crippen molar-refractivity contribution in [2.45, 2.75) is 83.0 Å². The van der Waals surface area contributed by atoms with E-state index in [0.717, 1.165) is 0 Å². The fourth-order valence-corrected chi connectivity index (χ4v) is 5.09. The lowest BCUT2D eigenvalue weighted by atomic mass is 9.76. The third-order valence-electron chi connectivity index (χ3n) is 4.78. The Morgan fingerprint density at radius 3 is 2.19 bits per heavy atom. The molecule has 150 valence electrons. The molecule has 4 nitrogen and oxygen atoms in total. The summed E-state index contributed by atoms with van der Waals surface area (Å²) in [7, 11) is -3.73. The van der Waals surface area contributed by atoms with Crippen LogP contribution >= 0.6 is 0 Å². The zero-order valence-electron chi connectivity index (χ0n) is 16.6. The van der Waals surface area contributed by atoms with Gasteiger partial charge in [-0.15, -0.1) is 0 Å². The summed E-state index contributed by atoms with van der Waals surface area (Å²) >= 11 is 0. The fourth-order valence-electron chi connectivity index (χ4n) is 3.75. The van der Waals surface area contributed by atoms with E-state index in [-0.39, 0.29) is 23.2 Å². The molecular weight excluding hydrogens is 353 g/mol. The topological polar surface area (TPSA) is 66.4 Å². The molecule has 0 radical (unpaired) electrons. The molecule has 0 aliphatic heterocycles. The molecular formula is C20H34FNO3S. The highest BCUT2D eigenvalue weighted by molar-refractivity contribution is 7.89. The van der Waals surface area contributed by atoms with Crippen molar-refractivity contribution in [1.29, 1.82) is 0 Å². The van der Waals surface area contributed by atoms with E-state index < -0.39 is 27.8 Å². The van der Waals surface area contributed by atoms with Crippen LogP contribution in [-0.4, -0.2) is 31.3 Å². The van der Waals surface area contributed by atoms with Crippen LogP contribution in [-0.2, 0) is 10.0 Å². The molecule has 0 heterocycles. The van der Waals surface area contributed by atoms with Gasteiger partial charge >= 0.3 is 0 Å². The summed E-state index contributed by atoms with van der Waals surface area (Å²) in [6.45, 7) is 9.20. The molecule has 0 aromatic heterocycles. The molecule has 0 bridgehead atoms. The van der Waals surface area contributed by atoms with Gasteiger partial charge in [0.1, 0.15) is 0 Å². The van der Waals surface area contributed by atoms with Gasteiger partial charge in [-0.25, -0.2) is 17.5 Å². The lowest BCUT2D eigenvalue weighted by molar-refractivity contribution is -0.0341.